The van der Waals surface area contributed by atoms with Crippen LogP contribution in [0.25, 0.3) is 0 Å². The fourth-order valence-electron chi connectivity index (χ4n) is 3.40. The van der Waals surface area contributed by atoms with Crippen molar-refractivity contribution < 1.29 is 9.59 Å². The Hall–Kier alpha value is -1.06. The van der Waals surface area contributed by atoms with Gasteiger partial charge in [0.05, 0.1) is 6.54 Å². The van der Waals surface area contributed by atoms with Crippen molar-refractivity contribution in [1.82, 2.24) is 10.2 Å². The second kappa shape index (κ2) is 4.67. The number of carbonyl (C=O) groups is 2. The second-order valence-electron chi connectivity index (χ2n) is 5.77. The number of amides is 2. The van der Waals surface area contributed by atoms with E-state index in [0.717, 1.165) is 12.8 Å². The van der Waals surface area contributed by atoms with Gasteiger partial charge < -0.3 is 10.2 Å². The van der Waals surface area contributed by atoms with Crippen molar-refractivity contribution in [3.63, 3.8) is 0 Å². The van der Waals surface area contributed by atoms with Gasteiger partial charge in [-0.05, 0) is 38.0 Å². The summed E-state index contributed by atoms with van der Waals surface area (Å²) in [5, 5.41) is 2.64. The largest absolute Gasteiger partial charge is 0.345 e. The normalized spacial score (nSPS) is 39.1. The Morgan fingerprint density at radius 2 is 1.65 bits per heavy atom. The highest BCUT2D eigenvalue weighted by Crippen LogP contribution is 2.32. The van der Waals surface area contributed by atoms with Gasteiger partial charge in [0, 0.05) is 6.04 Å². The molecule has 2 amide bonds. The van der Waals surface area contributed by atoms with Crippen molar-refractivity contribution in [3.8, 4) is 0 Å². The van der Waals surface area contributed by atoms with Gasteiger partial charge in [0.2, 0.25) is 11.8 Å². The van der Waals surface area contributed by atoms with Gasteiger partial charge in [-0.1, -0.05) is 13.8 Å². The van der Waals surface area contributed by atoms with Crippen LogP contribution in [0.2, 0.25) is 0 Å². The molecular formula is C13H22N2O2. The van der Waals surface area contributed by atoms with Gasteiger partial charge in [-0.25, -0.2) is 0 Å². The highest BCUT2D eigenvalue weighted by Gasteiger charge is 2.38. The third-order valence-electron chi connectivity index (χ3n) is 4.05. The predicted octanol–water partition coefficient (Wildman–Crippen LogP) is 1.16. The molecule has 3 atom stereocenters. The topological polar surface area (TPSA) is 49.4 Å². The number of hydrogen-bond acceptors (Lipinski definition) is 2. The van der Waals surface area contributed by atoms with Crippen molar-refractivity contribution in [2.24, 2.45) is 11.8 Å². The van der Waals surface area contributed by atoms with E-state index in [1.165, 1.54) is 6.42 Å². The molecule has 1 saturated carbocycles. The summed E-state index contributed by atoms with van der Waals surface area (Å²) in [6.07, 6.45) is 3.31. The van der Waals surface area contributed by atoms with Gasteiger partial charge in [0.25, 0.3) is 0 Å². The number of nitrogens with zero attached hydrogens (tertiary/aromatic N) is 1. The molecule has 4 heteroatoms. The van der Waals surface area contributed by atoms with Crippen LogP contribution in [0.15, 0.2) is 0 Å². The lowest BCUT2D eigenvalue weighted by molar-refractivity contribution is -0.149. The third kappa shape index (κ3) is 2.45. The van der Waals surface area contributed by atoms with E-state index in [9.17, 15) is 9.59 Å². The Morgan fingerprint density at radius 1 is 1.06 bits per heavy atom. The quantitative estimate of drug-likeness (QED) is 0.745. The Balaban J connectivity index is 2.13. The molecule has 1 N–H and O–H groups in total. The van der Waals surface area contributed by atoms with E-state index in [4.69, 9.17) is 0 Å². The summed E-state index contributed by atoms with van der Waals surface area (Å²) >= 11 is 0. The van der Waals surface area contributed by atoms with Crippen LogP contribution < -0.4 is 5.32 Å². The number of carbonyl (C=O) groups excluding carboxylic acids is 2. The van der Waals surface area contributed by atoms with Gasteiger partial charge in [-0.2, -0.15) is 0 Å². The van der Waals surface area contributed by atoms with Gasteiger partial charge >= 0.3 is 0 Å². The van der Waals surface area contributed by atoms with E-state index in [-0.39, 0.29) is 30.4 Å². The van der Waals surface area contributed by atoms with E-state index >= 15 is 0 Å². The number of piperazine rings is 1. The van der Waals surface area contributed by atoms with E-state index in [0.29, 0.717) is 11.8 Å². The summed E-state index contributed by atoms with van der Waals surface area (Å²) in [5.41, 5.74) is 0. The molecule has 0 aromatic carbocycles. The van der Waals surface area contributed by atoms with E-state index in [1.807, 2.05) is 11.8 Å². The Bertz CT molecular complexity index is 319. The lowest BCUT2D eigenvalue weighted by Crippen LogP contribution is -2.61. The zero-order valence-electron chi connectivity index (χ0n) is 10.9. The molecule has 1 saturated heterocycles. The molecule has 96 valence electrons. The molecule has 4 nitrogen and oxygen atoms in total. The first-order chi connectivity index (χ1) is 7.99. The summed E-state index contributed by atoms with van der Waals surface area (Å²) in [6.45, 7) is 6.47. The van der Waals surface area contributed by atoms with Crippen molar-refractivity contribution in [2.75, 3.05) is 6.54 Å². The van der Waals surface area contributed by atoms with Crippen molar-refractivity contribution in [1.29, 1.82) is 0 Å². The van der Waals surface area contributed by atoms with Crippen LogP contribution in [-0.4, -0.2) is 35.3 Å². The summed E-state index contributed by atoms with van der Waals surface area (Å²) in [5.74, 6) is 1.35. The summed E-state index contributed by atoms with van der Waals surface area (Å²) < 4.78 is 0. The number of nitrogens with one attached hydrogen (secondary N) is 1. The average molecular weight is 238 g/mol. The lowest BCUT2D eigenvalue weighted by atomic mass is 9.79. The first-order valence-electron chi connectivity index (χ1n) is 6.58. The SMILES string of the molecule is CC1CC(C)CC(N2C(=O)CNC(=O)C2C)C1. The molecule has 0 radical (unpaired) electrons. The summed E-state index contributed by atoms with van der Waals surface area (Å²) in [6, 6.07) is -0.0546. The molecule has 17 heavy (non-hydrogen) atoms. The molecule has 1 aliphatic carbocycles. The smallest absolute Gasteiger partial charge is 0.242 e. The van der Waals surface area contributed by atoms with E-state index < -0.39 is 0 Å². The molecule has 2 fully saturated rings. The van der Waals surface area contributed by atoms with Crippen LogP contribution in [0.3, 0.4) is 0 Å². The monoisotopic (exact) mass is 238 g/mol. The maximum atomic E-state index is 12.0. The lowest BCUT2D eigenvalue weighted by Gasteiger charge is -2.43. The molecule has 0 bridgehead atoms. The van der Waals surface area contributed by atoms with Gasteiger partial charge in [-0.3, -0.25) is 9.59 Å². The van der Waals surface area contributed by atoms with Gasteiger partial charge in [-0.15, -0.1) is 0 Å². The maximum Gasteiger partial charge on any atom is 0.242 e. The molecule has 0 aromatic rings. The van der Waals surface area contributed by atoms with Crippen LogP contribution in [0.5, 0.6) is 0 Å². The van der Waals surface area contributed by atoms with E-state index in [1.54, 1.807) is 0 Å². The van der Waals surface area contributed by atoms with Crippen LogP contribution >= 0.6 is 0 Å². The minimum Gasteiger partial charge on any atom is -0.345 e. The Morgan fingerprint density at radius 3 is 2.24 bits per heavy atom. The van der Waals surface area contributed by atoms with Gasteiger partial charge in [0.15, 0.2) is 0 Å². The van der Waals surface area contributed by atoms with Crippen molar-refractivity contribution in [2.45, 2.75) is 52.1 Å². The second-order valence-corrected chi connectivity index (χ2v) is 5.77. The molecular weight excluding hydrogens is 216 g/mol. The van der Waals surface area contributed by atoms with Crippen molar-refractivity contribution >= 4 is 11.8 Å². The zero-order chi connectivity index (χ0) is 12.6. The number of hydrogen-bond donors (Lipinski definition) is 1. The zero-order valence-corrected chi connectivity index (χ0v) is 10.9. The van der Waals surface area contributed by atoms with Gasteiger partial charge in [0.1, 0.15) is 6.04 Å². The third-order valence-corrected chi connectivity index (χ3v) is 4.05. The molecule has 1 heterocycles. The molecule has 1 aliphatic heterocycles. The first kappa shape index (κ1) is 12.4. The molecule has 2 aliphatic rings. The van der Waals surface area contributed by atoms with Crippen LogP contribution in [0.1, 0.15) is 40.0 Å². The van der Waals surface area contributed by atoms with Crippen LogP contribution in [0.4, 0.5) is 0 Å². The maximum absolute atomic E-state index is 12.0. The highest BCUT2D eigenvalue weighted by atomic mass is 16.2. The summed E-state index contributed by atoms with van der Waals surface area (Å²) in [4.78, 5) is 25.4. The van der Waals surface area contributed by atoms with Crippen molar-refractivity contribution in [3.05, 3.63) is 0 Å². The average Bonchev–Trinajstić information content (AvgIpc) is 2.23. The molecule has 2 rings (SSSR count). The summed E-state index contributed by atoms with van der Waals surface area (Å²) in [7, 11) is 0. The number of rotatable bonds is 1. The minimum absolute atomic E-state index is 0.0181. The Kier molecular flexibility index (Phi) is 3.40. The molecule has 0 aromatic heterocycles. The fourth-order valence-corrected chi connectivity index (χ4v) is 3.40. The van der Waals surface area contributed by atoms with Crippen LogP contribution in [0, 0.1) is 11.8 Å². The highest BCUT2D eigenvalue weighted by molar-refractivity contribution is 5.94. The first-order valence-corrected chi connectivity index (χ1v) is 6.58. The molecule has 3 unspecified atom stereocenters. The fraction of sp³-hybridized carbons (Fsp3) is 0.846. The standard InChI is InChI=1S/C13H22N2O2/c1-8-4-9(2)6-11(5-8)15-10(3)13(17)14-7-12(15)16/h8-11H,4-7H2,1-3H3,(H,14,17). The Labute approximate surface area is 103 Å². The van der Waals surface area contributed by atoms with Crippen LogP contribution in [-0.2, 0) is 9.59 Å². The van der Waals surface area contributed by atoms with E-state index in [2.05, 4.69) is 19.2 Å². The predicted molar refractivity (Wildman–Crippen MR) is 65.3 cm³/mol. The minimum atomic E-state index is -0.307. The molecule has 0 spiro atoms.